The van der Waals surface area contributed by atoms with Crippen molar-refractivity contribution in [3.8, 4) is 5.75 Å². The molecule has 1 aromatic carbocycles. The van der Waals surface area contributed by atoms with Crippen LogP contribution in [0.1, 0.15) is 25.3 Å². The van der Waals surface area contributed by atoms with Gasteiger partial charge in [0.1, 0.15) is 5.75 Å². The molecule has 1 rings (SSSR count). The van der Waals surface area contributed by atoms with Crippen molar-refractivity contribution < 1.29 is 4.74 Å². The fraction of sp³-hybridized carbons (Fsp3) is 0.500. The summed E-state index contributed by atoms with van der Waals surface area (Å²) in [7, 11) is 0. The van der Waals surface area contributed by atoms with Crippen LogP contribution in [0.4, 0.5) is 0 Å². The standard InChI is InChI=1S/C12H17IO/c1-2-3-10-14-12-7-5-4-6-11(12)8-9-13/h4-7H,2-3,8-10H2,1H3. The Bertz CT molecular complexity index is 260. The molecule has 1 nitrogen and oxygen atoms in total. The molecule has 0 bridgehead atoms. The fourth-order valence-electron chi connectivity index (χ4n) is 1.28. The first-order chi connectivity index (χ1) is 6.88. The lowest BCUT2D eigenvalue weighted by Crippen LogP contribution is -2.00. The van der Waals surface area contributed by atoms with Crippen LogP contribution in [0.2, 0.25) is 0 Å². The van der Waals surface area contributed by atoms with Crippen molar-refractivity contribution in [2.24, 2.45) is 0 Å². The maximum atomic E-state index is 5.73. The molecule has 1 aromatic rings. The number of para-hydroxylation sites is 1. The number of unbranched alkanes of at least 4 members (excludes halogenated alkanes) is 1. The SMILES string of the molecule is CCCCOc1ccccc1CCI. The lowest BCUT2D eigenvalue weighted by molar-refractivity contribution is 0.306. The second-order valence-corrected chi connectivity index (χ2v) is 4.33. The first-order valence-corrected chi connectivity index (χ1v) is 6.67. The Balaban J connectivity index is 2.55. The second-order valence-electron chi connectivity index (χ2n) is 3.25. The average Bonchev–Trinajstić information content (AvgIpc) is 2.21. The van der Waals surface area contributed by atoms with Crippen molar-refractivity contribution in [3.63, 3.8) is 0 Å². The Morgan fingerprint density at radius 3 is 2.79 bits per heavy atom. The van der Waals surface area contributed by atoms with E-state index < -0.39 is 0 Å². The Labute approximate surface area is 100.0 Å². The molecule has 0 aliphatic heterocycles. The summed E-state index contributed by atoms with van der Waals surface area (Å²) >= 11 is 2.40. The topological polar surface area (TPSA) is 9.23 Å². The number of hydrogen-bond donors (Lipinski definition) is 0. The molecule has 0 aliphatic rings. The Kier molecular flexibility index (Phi) is 5.99. The maximum Gasteiger partial charge on any atom is 0.122 e. The van der Waals surface area contributed by atoms with Gasteiger partial charge in [-0.05, 0) is 24.5 Å². The molecule has 0 aliphatic carbocycles. The number of ether oxygens (including phenoxy) is 1. The molecule has 0 aromatic heterocycles. The van der Waals surface area contributed by atoms with E-state index in [1.807, 2.05) is 6.07 Å². The Hall–Kier alpha value is -0.250. The van der Waals surface area contributed by atoms with E-state index in [4.69, 9.17) is 4.74 Å². The van der Waals surface area contributed by atoms with Crippen molar-refractivity contribution in [2.45, 2.75) is 26.2 Å². The maximum absolute atomic E-state index is 5.73. The van der Waals surface area contributed by atoms with Gasteiger partial charge in [-0.15, -0.1) is 0 Å². The molecule has 0 fully saturated rings. The van der Waals surface area contributed by atoms with E-state index in [0.29, 0.717) is 0 Å². The third-order valence-corrected chi connectivity index (χ3v) is 2.63. The third-order valence-electron chi connectivity index (χ3n) is 2.09. The minimum absolute atomic E-state index is 0.842. The van der Waals surface area contributed by atoms with Gasteiger partial charge in [0.2, 0.25) is 0 Å². The first-order valence-electron chi connectivity index (χ1n) is 5.15. The highest BCUT2D eigenvalue weighted by atomic mass is 127. The molecular formula is C12H17IO. The number of aryl methyl sites for hydroxylation is 1. The highest BCUT2D eigenvalue weighted by Gasteiger charge is 2.00. The minimum atomic E-state index is 0.842. The summed E-state index contributed by atoms with van der Waals surface area (Å²) in [5.41, 5.74) is 1.33. The van der Waals surface area contributed by atoms with Crippen LogP contribution in [0.15, 0.2) is 24.3 Å². The lowest BCUT2D eigenvalue weighted by atomic mass is 10.1. The summed E-state index contributed by atoms with van der Waals surface area (Å²) < 4.78 is 6.87. The molecule has 0 N–H and O–H groups in total. The summed E-state index contributed by atoms with van der Waals surface area (Å²) in [5, 5.41) is 0. The fourth-order valence-corrected chi connectivity index (χ4v) is 1.86. The largest absolute Gasteiger partial charge is 0.493 e. The van der Waals surface area contributed by atoms with Crippen molar-refractivity contribution in [1.82, 2.24) is 0 Å². The smallest absolute Gasteiger partial charge is 0.122 e. The third kappa shape index (κ3) is 3.86. The van der Waals surface area contributed by atoms with Gasteiger partial charge in [0.15, 0.2) is 0 Å². The average molecular weight is 304 g/mol. The quantitative estimate of drug-likeness (QED) is 0.441. The molecule has 0 atom stereocenters. The van der Waals surface area contributed by atoms with Gasteiger partial charge < -0.3 is 4.74 Å². The highest BCUT2D eigenvalue weighted by molar-refractivity contribution is 14.1. The van der Waals surface area contributed by atoms with Crippen molar-refractivity contribution in [1.29, 1.82) is 0 Å². The molecule has 2 heteroatoms. The molecule has 78 valence electrons. The molecule has 0 radical (unpaired) electrons. The van der Waals surface area contributed by atoms with Crippen LogP contribution in [0.25, 0.3) is 0 Å². The zero-order valence-electron chi connectivity index (χ0n) is 8.63. The van der Waals surface area contributed by atoms with Crippen LogP contribution < -0.4 is 4.74 Å². The van der Waals surface area contributed by atoms with E-state index in [-0.39, 0.29) is 0 Å². The molecule has 0 heterocycles. The number of hydrogen-bond acceptors (Lipinski definition) is 1. The van der Waals surface area contributed by atoms with E-state index >= 15 is 0 Å². The summed E-state index contributed by atoms with van der Waals surface area (Å²) in [6.07, 6.45) is 3.43. The predicted molar refractivity (Wildman–Crippen MR) is 69.4 cm³/mol. The van der Waals surface area contributed by atoms with Crippen LogP contribution in [0, 0.1) is 0 Å². The predicted octanol–water partition coefficient (Wildman–Crippen LogP) is 3.84. The molecule has 14 heavy (non-hydrogen) atoms. The molecule has 0 saturated heterocycles. The van der Waals surface area contributed by atoms with Gasteiger partial charge in [-0.2, -0.15) is 0 Å². The van der Waals surface area contributed by atoms with Gasteiger partial charge >= 0.3 is 0 Å². The van der Waals surface area contributed by atoms with E-state index in [1.165, 1.54) is 12.0 Å². The van der Waals surface area contributed by atoms with Gasteiger partial charge in [-0.3, -0.25) is 0 Å². The zero-order chi connectivity index (χ0) is 10.2. The van der Waals surface area contributed by atoms with Crippen molar-refractivity contribution >= 4 is 22.6 Å². The summed E-state index contributed by atoms with van der Waals surface area (Å²) in [4.78, 5) is 0. The molecular weight excluding hydrogens is 287 g/mol. The first kappa shape index (κ1) is 11.8. The zero-order valence-corrected chi connectivity index (χ0v) is 10.8. The number of alkyl halides is 1. The second kappa shape index (κ2) is 7.10. The summed E-state index contributed by atoms with van der Waals surface area (Å²) in [5.74, 6) is 1.07. The van der Waals surface area contributed by atoms with Crippen molar-refractivity contribution in [2.75, 3.05) is 11.0 Å². The molecule has 0 amide bonds. The monoisotopic (exact) mass is 304 g/mol. The van der Waals surface area contributed by atoms with E-state index in [9.17, 15) is 0 Å². The Morgan fingerprint density at radius 2 is 2.07 bits per heavy atom. The van der Waals surface area contributed by atoms with Gasteiger partial charge in [0, 0.05) is 4.43 Å². The lowest BCUT2D eigenvalue weighted by Gasteiger charge is -2.09. The number of benzene rings is 1. The molecule has 0 spiro atoms. The van der Waals surface area contributed by atoms with Crippen LogP contribution in [0.3, 0.4) is 0 Å². The van der Waals surface area contributed by atoms with Gasteiger partial charge in [-0.1, -0.05) is 54.1 Å². The van der Waals surface area contributed by atoms with Gasteiger partial charge in [0.25, 0.3) is 0 Å². The van der Waals surface area contributed by atoms with Crippen LogP contribution >= 0.6 is 22.6 Å². The van der Waals surface area contributed by atoms with Crippen LogP contribution in [-0.2, 0) is 6.42 Å². The number of rotatable bonds is 6. The molecule has 0 unspecified atom stereocenters. The van der Waals surface area contributed by atoms with E-state index in [1.54, 1.807) is 0 Å². The van der Waals surface area contributed by atoms with E-state index in [0.717, 1.165) is 29.6 Å². The van der Waals surface area contributed by atoms with Gasteiger partial charge in [0.05, 0.1) is 6.61 Å². The van der Waals surface area contributed by atoms with Gasteiger partial charge in [-0.25, -0.2) is 0 Å². The van der Waals surface area contributed by atoms with E-state index in [2.05, 4.69) is 47.7 Å². The van der Waals surface area contributed by atoms with Crippen molar-refractivity contribution in [3.05, 3.63) is 29.8 Å². The highest BCUT2D eigenvalue weighted by Crippen LogP contribution is 2.19. The molecule has 0 saturated carbocycles. The Morgan fingerprint density at radius 1 is 1.29 bits per heavy atom. The summed E-state index contributed by atoms with van der Waals surface area (Å²) in [6, 6.07) is 8.34. The summed E-state index contributed by atoms with van der Waals surface area (Å²) in [6.45, 7) is 3.02. The van der Waals surface area contributed by atoms with Crippen LogP contribution in [-0.4, -0.2) is 11.0 Å². The van der Waals surface area contributed by atoms with Crippen LogP contribution in [0.5, 0.6) is 5.75 Å². The minimum Gasteiger partial charge on any atom is -0.493 e. The number of halogens is 1. The normalized spacial score (nSPS) is 10.1.